The highest BCUT2D eigenvalue weighted by Crippen LogP contribution is 2.32. The van der Waals surface area contributed by atoms with Crippen molar-refractivity contribution >= 4 is 23.1 Å². The monoisotopic (exact) mass is 286 g/mol. The van der Waals surface area contributed by atoms with Crippen LogP contribution in [0.3, 0.4) is 0 Å². The summed E-state index contributed by atoms with van der Waals surface area (Å²) in [6, 6.07) is 5.88. The maximum atomic E-state index is 12.3. The van der Waals surface area contributed by atoms with Gasteiger partial charge in [0.1, 0.15) is 5.82 Å². The lowest BCUT2D eigenvalue weighted by Crippen LogP contribution is -2.12. The summed E-state index contributed by atoms with van der Waals surface area (Å²) in [6.45, 7) is 4.22. The Morgan fingerprint density at radius 2 is 2.35 bits per heavy atom. The topological polar surface area (TPSA) is 42.0 Å². The van der Waals surface area contributed by atoms with Crippen LogP contribution in [0.2, 0.25) is 0 Å². The van der Waals surface area contributed by atoms with Crippen LogP contribution in [0, 0.1) is 12.8 Å². The second-order valence-corrected chi connectivity index (χ2v) is 6.67. The van der Waals surface area contributed by atoms with Crippen molar-refractivity contribution in [3.8, 4) is 0 Å². The van der Waals surface area contributed by atoms with E-state index in [1.54, 1.807) is 17.5 Å². The first-order valence-corrected chi connectivity index (χ1v) is 7.79. The van der Waals surface area contributed by atoms with E-state index in [4.69, 9.17) is 0 Å². The second-order valence-electron chi connectivity index (χ2n) is 5.53. The van der Waals surface area contributed by atoms with Gasteiger partial charge < -0.3 is 5.32 Å². The average Bonchev–Trinajstić information content (AvgIpc) is 2.84. The van der Waals surface area contributed by atoms with E-state index in [0.29, 0.717) is 5.82 Å². The van der Waals surface area contributed by atoms with Crippen LogP contribution in [0.15, 0.2) is 24.4 Å². The van der Waals surface area contributed by atoms with Crippen molar-refractivity contribution < 1.29 is 4.79 Å². The number of carbonyl (C=O) groups is 1. The fourth-order valence-corrected chi connectivity index (χ4v) is 3.71. The van der Waals surface area contributed by atoms with Crippen molar-refractivity contribution in [2.24, 2.45) is 5.92 Å². The van der Waals surface area contributed by atoms with Crippen molar-refractivity contribution in [1.82, 2.24) is 4.98 Å². The Labute approximate surface area is 123 Å². The lowest BCUT2D eigenvalue weighted by molar-refractivity contribution is 0.103. The molecule has 1 N–H and O–H groups in total. The summed E-state index contributed by atoms with van der Waals surface area (Å²) in [6.07, 6.45) is 5.14. The van der Waals surface area contributed by atoms with Crippen molar-refractivity contribution in [1.29, 1.82) is 0 Å². The van der Waals surface area contributed by atoms with E-state index >= 15 is 0 Å². The summed E-state index contributed by atoms with van der Waals surface area (Å²) in [7, 11) is 0. The van der Waals surface area contributed by atoms with E-state index in [1.807, 2.05) is 19.1 Å². The van der Waals surface area contributed by atoms with Crippen LogP contribution < -0.4 is 5.32 Å². The van der Waals surface area contributed by atoms with E-state index in [9.17, 15) is 4.79 Å². The van der Waals surface area contributed by atoms with E-state index in [1.165, 1.54) is 16.9 Å². The van der Waals surface area contributed by atoms with Crippen LogP contribution in [0.4, 0.5) is 5.82 Å². The molecule has 3 nitrogen and oxygen atoms in total. The number of carbonyl (C=O) groups excluding carboxylic acids is 1. The average molecular weight is 286 g/mol. The fraction of sp³-hybridized carbons (Fsp3) is 0.375. The molecular formula is C16H18N2OS. The van der Waals surface area contributed by atoms with Gasteiger partial charge in [-0.3, -0.25) is 4.79 Å². The second kappa shape index (κ2) is 5.37. The van der Waals surface area contributed by atoms with Gasteiger partial charge in [-0.05, 0) is 55.4 Å². The maximum absolute atomic E-state index is 12.3. The Balaban J connectivity index is 1.80. The summed E-state index contributed by atoms with van der Waals surface area (Å²) in [5.41, 5.74) is 2.34. The van der Waals surface area contributed by atoms with Crippen molar-refractivity contribution in [2.75, 3.05) is 5.32 Å². The molecule has 2 aromatic rings. The summed E-state index contributed by atoms with van der Waals surface area (Å²) >= 11 is 1.63. The van der Waals surface area contributed by atoms with E-state index in [0.717, 1.165) is 29.2 Å². The number of hydrogen-bond acceptors (Lipinski definition) is 3. The first kappa shape index (κ1) is 13.3. The minimum Gasteiger partial charge on any atom is -0.306 e. The van der Waals surface area contributed by atoms with Gasteiger partial charge in [0.05, 0.1) is 4.88 Å². The Morgan fingerprint density at radius 3 is 3.15 bits per heavy atom. The number of amides is 1. The number of anilines is 1. The number of fused-ring (bicyclic) bond motifs is 1. The zero-order valence-electron chi connectivity index (χ0n) is 11.8. The number of aryl methyl sites for hydroxylation is 2. The highest BCUT2D eigenvalue weighted by atomic mass is 32.1. The predicted octanol–water partition coefficient (Wildman–Crippen LogP) is 3.83. The molecule has 1 aliphatic rings. The van der Waals surface area contributed by atoms with Gasteiger partial charge >= 0.3 is 0 Å². The quantitative estimate of drug-likeness (QED) is 0.911. The molecule has 2 heterocycles. The highest BCUT2D eigenvalue weighted by Gasteiger charge is 2.21. The van der Waals surface area contributed by atoms with Crippen LogP contribution in [0.5, 0.6) is 0 Å². The first-order valence-electron chi connectivity index (χ1n) is 6.98. The normalized spacial score (nSPS) is 17.6. The zero-order valence-corrected chi connectivity index (χ0v) is 12.6. The van der Waals surface area contributed by atoms with Gasteiger partial charge in [-0.1, -0.05) is 13.0 Å². The number of aromatic nitrogens is 1. The van der Waals surface area contributed by atoms with Gasteiger partial charge in [0.15, 0.2) is 0 Å². The zero-order chi connectivity index (χ0) is 14.1. The molecule has 0 spiro atoms. The molecule has 0 saturated heterocycles. The third-order valence-corrected chi connectivity index (χ3v) is 5.03. The van der Waals surface area contributed by atoms with Gasteiger partial charge in [-0.15, -0.1) is 11.3 Å². The van der Waals surface area contributed by atoms with Crippen LogP contribution >= 0.6 is 11.3 Å². The molecular weight excluding hydrogens is 268 g/mol. The number of hydrogen-bond donors (Lipinski definition) is 1. The fourth-order valence-electron chi connectivity index (χ4n) is 2.60. The number of rotatable bonds is 2. The number of thiophene rings is 1. The molecule has 1 aliphatic carbocycles. The molecule has 104 valence electrons. The SMILES string of the molecule is Cc1cccnc1NC(=O)c1cc2c(s1)CC[C@@H](C)C2. The highest BCUT2D eigenvalue weighted by molar-refractivity contribution is 7.14. The molecule has 3 rings (SSSR count). The van der Waals surface area contributed by atoms with Gasteiger partial charge in [0.25, 0.3) is 5.91 Å². The Kier molecular flexibility index (Phi) is 3.57. The summed E-state index contributed by atoms with van der Waals surface area (Å²) in [5, 5.41) is 2.91. The molecule has 0 saturated carbocycles. The molecule has 4 heteroatoms. The molecule has 0 fully saturated rings. The lowest BCUT2D eigenvalue weighted by atomic mass is 9.90. The smallest absolute Gasteiger partial charge is 0.266 e. The van der Waals surface area contributed by atoms with Gasteiger partial charge in [-0.2, -0.15) is 0 Å². The van der Waals surface area contributed by atoms with Crippen molar-refractivity contribution in [3.63, 3.8) is 0 Å². The molecule has 0 aromatic carbocycles. The minimum absolute atomic E-state index is 0.0427. The molecule has 2 aromatic heterocycles. The van der Waals surface area contributed by atoms with Crippen molar-refractivity contribution in [2.45, 2.75) is 33.1 Å². The Bertz CT molecular complexity index is 648. The number of nitrogens with one attached hydrogen (secondary N) is 1. The van der Waals surface area contributed by atoms with Crippen LogP contribution in [0.1, 0.15) is 39.0 Å². The third kappa shape index (κ3) is 2.61. The standard InChI is InChI=1S/C16H18N2OS/c1-10-5-6-13-12(8-10)9-14(20-13)16(19)18-15-11(2)4-3-7-17-15/h3-4,7,9-10H,5-6,8H2,1-2H3,(H,17,18,19)/t10-/m1/s1. The Morgan fingerprint density at radius 1 is 1.50 bits per heavy atom. The first-order chi connectivity index (χ1) is 9.63. The Hall–Kier alpha value is -1.68. The summed E-state index contributed by atoms with van der Waals surface area (Å²) < 4.78 is 0. The van der Waals surface area contributed by atoms with Crippen LogP contribution in [-0.4, -0.2) is 10.9 Å². The van der Waals surface area contributed by atoms with Crippen LogP contribution in [-0.2, 0) is 12.8 Å². The minimum atomic E-state index is -0.0427. The number of pyridine rings is 1. The lowest BCUT2D eigenvalue weighted by Gasteiger charge is -2.16. The molecule has 0 unspecified atom stereocenters. The number of nitrogens with zero attached hydrogens (tertiary/aromatic N) is 1. The van der Waals surface area contributed by atoms with Gasteiger partial charge in [0.2, 0.25) is 0 Å². The van der Waals surface area contributed by atoms with E-state index in [-0.39, 0.29) is 5.91 Å². The maximum Gasteiger partial charge on any atom is 0.266 e. The molecule has 1 atom stereocenters. The molecule has 0 bridgehead atoms. The molecule has 20 heavy (non-hydrogen) atoms. The largest absolute Gasteiger partial charge is 0.306 e. The van der Waals surface area contributed by atoms with Gasteiger partial charge in [-0.25, -0.2) is 4.98 Å². The summed E-state index contributed by atoms with van der Waals surface area (Å²) in [4.78, 5) is 18.7. The van der Waals surface area contributed by atoms with Crippen LogP contribution in [0.25, 0.3) is 0 Å². The molecule has 0 radical (unpaired) electrons. The van der Waals surface area contributed by atoms with Crippen molar-refractivity contribution in [3.05, 3.63) is 45.3 Å². The van der Waals surface area contributed by atoms with E-state index < -0.39 is 0 Å². The predicted molar refractivity (Wildman–Crippen MR) is 82.4 cm³/mol. The molecule has 1 amide bonds. The third-order valence-electron chi connectivity index (χ3n) is 3.79. The van der Waals surface area contributed by atoms with E-state index in [2.05, 4.69) is 23.3 Å². The molecule has 0 aliphatic heterocycles. The van der Waals surface area contributed by atoms with Gasteiger partial charge in [0, 0.05) is 11.1 Å². The summed E-state index contributed by atoms with van der Waals surface area (Å²) in [5.74, 6) is 1.34.